The van der Waals surface area contributed by atoms with Gasteiger partial charge in [0.2, 0.25) is 0 Å². The summed E-state index contributed by atoms with van der Waals surface area (Å²) in [5.41, 5.74) is 0. The maximum Gasteiger partial charge on any atom is 0.136 e. The smallest absolute Gasteiger partial charge is 0.136 e. The Kier molecular flexibility index (Phi) is 4.22. The number of ether oxygens (including phenoxy) is 2. The molecule has 5 nitrogen and oxygen atoms in total. The minimum absolute atomic E-state index is 0.309. The van der Waals surface area contributed by atoms with E-state index in [-0.39, 0.29) is 0 Å². The zero-order valence-corrected chi connectivity index (χ0v) is 12.5. The third kappa shape index (κ3) is 2.80. The molecule has 1 N–H and O–H groups in total. The molecule has 2 heterocycles. The molecule has 1 fully saturated rings. The number of rotatable bonds is 4. The van der Waals surface area contributed by atoms with Crippen LogP contribution in [-0.2, 0) is 4.74 Å². The van der Waals surface area contributed by atoms with E-state index in [4.69, 9.17) is 9.47 Å². The van der Waals surface area contributed by atoms with E-state index in [0.717, 1.165) is 48.6 Å². The van der Waals surface area contributed by atoms with Gasteiger partial charge in [0, 0.05) is 24.7 Å². The Morgan fingerprint density at radius 1 is 1.43 bits per heavy atom. The largest absolute Gasteiger partial charge is 0.497 e. The van der Waals surface area contributed by atoms with E-state index >= 15 is 0 Å². The van der Waals surface area contributed by atoms with Crippen molar-refractivity contribution in [2.45, 2.75) is 6.04 Å². The molecular weight excluding hydrogens is 266 g/mol. The van der Waals surface area contributed by atoms with Gasteiger partial charge in [-0.05, 0) is 36.7 Å². The molecule has 0 amide bonds. The Hall–Kier alpha value is -1.85. The van der Waals surface area contributed by atoms with Gasteiger partial charge in [0.1, 0.15) is 11.6 Å². The van der Waals surface area contributed by atoms with Crippen LogP contribution >= 0.6 is 0 Å². The number of fused-ring (bicyclic) bond motifs is 1. The van der Waals surface area contributed by atoms with Gasteiger partial charge in [0.25, 0.3) is 0 Å². The molecule has 1 aromatic carbocycles. The van der Waals surface area contributed by atoms with Gasteiger partial charge < -0.3 is 19.7 Å². The number of aromatic nitrogens is 1. The summed E-state index contributed by atoms with van der Waals surface area (Å²) in [6.07, 6.45) is 1.86. The van der Waals surface area contributed by atoms with Crippen LogP contribution in [0.25, 0.3) is 10.8 Å². The zero-order chi connectivity index (χ0) is 14.7. The number of methoxy groups -OCH3 is 1. The van der Waals surface area contributed by atoms with Crippen LogP contribution in [0.3, 0.4) is 0 Å². The second-order valence-electron chi connectivity index (χ2n) is 5.20. The lowest BCUT2D eigenvalue weighted by molar-refractivity contribution is 0.0941. The summed E-state index contributed by atoms with van der Waals surface area (Å²) in [4.78, 5) is 6.96. The van der Waals surface area contributed by atoms with Crippen molar-refractivity contribution in [3.8, 4) is 5.75 Å². The lowest BCUT2D eigenvalue weighted by Crippen LogP contribution is -2.50. The van der Waals surface area contributed by atoms with Crippen molar-refractivity contribution in [3.05, 3.63) is 30.5 Å². The highest BCUT2D eigenvalue weighted by Crippen LogP contribution is 2.29. The van der Waals surface area contributed by atoms with Crippen LogP contribution in [0.5, 0.6) is 5.75 Å². The van der Waals surface area contributed by atoms with Crippen LogP contribution in [0.1, 0.15) is 0 Å². The van der Waals surface area contributed by atoms with E-state index in [1.54, 1.807) is 7.11 Å². The van der Waals surface area contributed by atoms with Crippen molar-refractivity contribution >= 4 is 16.6 Å². The quantitative estimate of drug-likeness (QED) is 0.927. The number of hydrogen-bond donors (Lipinski definition) is 1. The fourth-order valence-electron chi connectivity index (χ4n) is 2.83. The number of likely N-dealkylation sites (N-methyl/N-ethyl adjacent to an activating group) is 1. The molecule has 21 heavy (non-hydrogen) atoms. The summed E-state index contributed by atoms with van der Waals surface area (Å²) < 4.78 is 10.9. The molecule has 0 spiro atoms. The van der Waals surface area contributed by atoms with Crippen LogP contribution < -0.4 is 15.0 Å². The van der Waals surface area contributed by atoms with Gasteiger partial charge >= 0.3 is 0 Å². The summed E-state index contributed by atoms with van der Waals surface area (Å²) in [5, 5.41) is 5.54. The summed E-state index contributed by atoms with van der Waals surface area (Å²) in [6, 6.07) is 8.45. The molecular formula is C16H21N3O2. The highest BCUT2D eigenvalue weighted by Gasteiger charge is 2.24. The molecule has 1 atom stereocenters. The zero-order valence-electron chi connectivity index (χ0n) is 12.5. The summed E-state index contributed by atoms with van der Waals surface area (Å²) in [6.45, 7) is 3.22. The summed E-state index contributed by atoms with van der Waals surface area (Å²) >= 11 is 0. The first-order valence-corrected chi connectivity index (χ1v) is 7.25. The molecule has 1 aliphatic rings. The Balaban J connectivity index is 2.02. The third-order valence-electron chi connectivity index (χ3n) is 3.89. The molecule has 5 heteroatoms. The van der Waals surface area contributed by atoms with Crippen LogP contribution in [-0.4, -0.2) is 51.5 Å². The standard InChI is InChI=1S/C16H21N3O2/c1-17-10-13-11-21-8-7-19(13)16-15-4-3-14(20-2)9-12(15)5-6-18-16/h3-6,9,13,17H,7-8,10-11H2,1-2H3. The van der Waals surface area contributed by atoms with Gasteiger partial charge in [-0.2, -0.15) is 0 Å². The average molecular weight is 287 g/mol. The normalized spacial score (nSPS) is 19.0. The van der Waals surface area contributed by atoms with Crippen molar-refractivity contribution < 1.29 is 9.47 Å². The highest BCUT2D eigenvalue weighted by molar-refractivity contribution is 5.93. The number of morpholine rings is 1. The van der Waals surface area contributed by atoms with Crippen LogP contribution in [0.2, 0.25) is 0 Å². The Labute approximate surface area is 124 Å². The number of benzene rings is 1. The van der Waals surface area contributed by atoms with Gasteiger partial charge in [-0.1, -0.05) is 0 Å². The van der Waals surface area contributed by atoms with E-state index in [9.17, 15) is 0 Å². The van der Waals surface area contributed by atoms with Crippen molar-refractivity contribution in [2.75, 3.05) is 45.4 Å². The van der Waals surface area contributed by atoms with E-state index < -0.39 is 0 Å². The minimum atomic E-state index is 0.309. The summed E-state index contributed by atoms with van der Waals surface area (Å²) in [7, 11) is 3.66. The fourth-order valence-corrected chi connectivity index (χ4v) is 2.83. The maximum atomic E-state index is 5.61. The van der Waals surface area contributed by atoms with Gasteiger partial charge in [0.05, 0.1) is 26.4 Å². The molecule has 0 bridgehead atoms. The summed E-state index contributed by atoms with van der Waals surface area (Å²) in [5.74, 6) is 1.90. The Morgan fingerprint density at radius 2 is 2.33 bits per heavy atom. The number of hydrogen-bond acceptors (Lipinski definition) is 5. The average Bonchev–Trinajstić information content (AvgIpc) is 2.54. The molecule has 2 aromatic rings. The monoisotopic (exact) mass is 287 g/mol. The van der Waals surface area contributed by atoms with Crippen molar-refractivity contribution in [1.29, 1.82) is 0 Å². The molecule has 3 rings (SSSR count). The second-order valence-corrected chi connectivity index (χ2v) is 5.20. The maximum absolute atomic E-state index is 5.61. The van der Waals surface area contributed by atoms with E-state index in [1.165, 1.54) is 0 Å². The van der Waals surface area contributed by atoms with Crippen molar-refractivity contribution in [3.63, 3.8) is 0 Å². The van der Waals surface area contributed by atoms with E-state index in [1.807, 2.05) is 31.4 Å². The van der Waals surface area contributed by atoms with Gasteiger partial charge in [-0.3, -0.25) is 0 Å². The Morgan fingerprint density at radius 3 is 3.14 bits per heavy atom. The Bertz CT molecular complexity index is 615. The highest BCUT2D eigenvalue weighted by atomic mass is 16.5. The number of nitrogens with zero attached hydrogens (tertiary/aromatic N) is 2. The van der Waals surface area contributed by atoms with Crippen molar-refractivity contribution in [2.24, 2.45) is 0 Å². The van der Waals surface area contributed by atoms with Crippen LogP contribution in [0.4, 0.5) is 5.82 Å². The minimum Gasteiger partial charge on any atom is -0.497 e. The first kappa shape index (κ1) is 14.1. The van der Waals surface area contributed by atoms with Gasteiger partial charge in [-0.25, -0.2) is 4.98 Å². The topological polar surface area (TPSA) is 46.6 Å². The lowest BCUT2D eigenvalue weighted by atomic mass is 10.1. The molecule has 0 radical (unpaired) electrons. The van der Waals surface area contributed by atoms with Gasteiger partial charge in [-0.15, -0.1) is 0 Å². The van der Waals surface area contributed by atoms with E-state index in [0.29, 0.717) is 6.04 Å². The first-order valence-electron chi connectivity index (χ1n) is 7.25. The molecule has 1 saturated heterocycles. The molecule has 0 aliphatic carbocycles. The number of pyridine rings is 1. The van der Waals surface area contributed by atoms with Crippen LogP contribution in [0, 0.1) is 0 Å². The first-order chi connectivity index (χ1) is 10.3. The number of nitrogens with one attached hydrogen (secondary N) is 1. The third-order valence-corrected chi connectivity index (χ3v) is 3.89. The molecule has 1 aromatic heterocycles. The second kappa shape index (κ2) is 6.28. The van der Waals surface area contributed by atoms with E-state index in [2.05, 4.69) is 21.3 Å². The fraction of sp³-hybridized carbons (Fsp3) is 0.438. The molecule has 112 valence electrons. The lowest BCUT2D eigenvalue weighted by Gasteiger charge is -2.37. The van der Waals surface area contributed by atoms with Gasteiger partial charge in [0.15, 0.2) is 0 Å². The predicted molar refractivity (Wildman–Crippen MR) is 84.2 cm³/mol. The SMILES string of the molecule is CNCC1COCCN1c1nccc2cc(OC)ccc12. The van der Waals surface area contributed by atoms with Crippen LogP contribution in [0.15, 0.2) is 30.5 Å². The predicted octanol–water partition coefficient (Wildman–Crippen LogP) is 1.67. The molecule has 0 saturated carbocycles. The van der Waals surface area contributed by atoms with Crippen molar-refractivity contribution in [1.82, 2.24) is 10.3 Å². The molecule has 1 unspecified atom stereocenters. The number of anilines is 1. The molecule has 1 aliphatic heterocycles.